The van der Waals surface area contributed by atoms with Crippen molar-refractivity contribution in [3.05, 3.63) is 0 Å². The molecular weight excluding hydrogens is 327 g/mol. The SMILES string of the molecule is CCN(CC)C(N)=NCCCN1CCCC1.I. The first-order valence-corrected chi connectivity index (χ1v) is 6.55. The number of rotatable bonds is 6. The van der Waals surface area contributed by atoms with Crippen LogP contribution in [-0.4, -0.2) is 55.0 Å². The number of nitrogens with zero attached hydrogens (tertiary/aromatic N) is 3. The Hall–Kier alpha value is -0.0400. The third-order valence-corrected chi connectivity index (χ3v) is 3.19. The number of aliphatic imine (C=N–C) groups is 1. The highest BCUT2D eigenvalue weighted by atomic mass is 127. The molecule has 0 spiro atoms. The van der Waals surface area contributed by atoms with Gasteiger partial charge in [0.15, 0.2) is 5.96 Å². The summed E-state index contributed by atoms with van der Waals surface area (Å²) in [4.78, 5) is 9.03. The van der Waals surface area contributed by atoms with Gasteiger partial charge in [-0.05, 0) is 52.7 Å². The van der Waals surface area contributed by atoms with E-state index in [-0.39, 0.29) is 24.0 Å². The summed E-state index contributed by atoms with van der Waals surface area (Å²) in [5.41, 5.74) is 5.90. The molecule has 0 saturated carbocycles. The van der Waals surface area contributed by atoms with Crippen LogP contribution in [0, 0.1) is 0 Å². The number of hydrogen-bond acceptors (Lipinski definition) is 2. The van der Waals surface area contributed by atoms with E-state index in [9.17, 15) is 0 Å². The fourth-order valence-corrected chi connectivity index (χ4v) is 2.14. The van der Waals surface area contributed by atoms with E-state index < -0.39 is 0 Å². The largest absolute Gasteiger partial charge is 0.370 e. The van der Waals surface area contributed by atoms with Crippen LogP contribution in [0.5, 0.6) is 0 Å². The van der Waals surface area contributed by atoms with Crippen LogP contribution in [0.15, 0.2) is 4.99 Å². The molecule has 1 aliphatic rings. The summed E-state index contributed by atoms with van der Waals surface area (Å²) >= 11 is 0. The molecule has 0 radical (unpaired) electrons. The van der Waals surface area contributed by atoms with E-state index in [0.29, 0.717) is 5.96 Å². The van der Waals surface area contributed by atoms with E-state index in [4.69, 9.17) is 5.73 Å². The van der Waals surface area contributed by atoms with Gasteiger partial charge < -0.3 is 15.5 Å². The monoisotopic (exact) mass is 354 g/mol. The Morgan fingerprint density at radius 2 is 1.82 bits per heavy atom. The molecule has 1 saturated heterocycles. The van der Waals surface area contributed by atoms with Gasteiger partial charge in [0.25, 0.3) is 0 Å². The lowest BCUT2D eigenvalue weighted by Crippen LogP contribution is -2.37. The molecular formula is C12H27IN4. The molecule has 0 aromatic rings. The smallest absolute Gasteiger partial charge is 0.191 e. The highest BCUT2D eigenvalue weighted by Gasteiger charge is 2.10. The van der Waals surface area contributed by atoms with E-state index in [2.05, 4.69) is 28.6 Å². The molecule has 1 fully saturated rings. The van der Waals surface area contributed by atoms with Crippen molar-refractivity contribution < 1.29 is 0 Å². The zero-order valence-electron chi connectivity index (χ0n) is 11.2. The van der Waals surface area contributed by atoms with Crippen LogP contribution in [0.2, 0.25) is 0 Å². The van der Waals surface area contributed by atoms with Crippen LogP contribution < -0.4 is 5.73 Å². The van der Waals surface area contributed by atoms with Gasteiger partial charge in [0.05, 0.1) is 0 Å². The maximum Gasteiger partial charge on any atom is 0.191 e. The van der Waals surface area contributed by atoms with Crippen molar-refractivity contribution in [1.29, 1.82) is 0 Å². The van der Waals surface area contributed by atoms with Crippen molar-refractivity contribution in [3.63, 3.8) is 0 Å². The topological polar surface area (TPSA) is 44.9 Å². The second-order valence-corrected chi connectivity index (χ2v) is 4.31. The summed E-state index contributed by atoms with van der Waals surface area (Å²) in [6, 6.07) is 0. The predicted octanol–water partition coefficient (Wildman–Crippen LogP) is 1.75. The molecule has 1 aliphatic heterocycles. The lowest BCUT2D eigenvalue weighted by molar-refractivity contribution is 0.336. The van der Waals surface area contributed by atoms with Gasteiger partial charge in [-0.2, -0.15) is 0 Å². The number of hydrogen-bond donors (Lipinski definition) is 1. The van der Waals surface area contributed by atoms with Crippen LogP contribution in [-0.2, 0) is 0 Å². The highest BCUT2D eigenvalue weighted by molar-refractivity contribution is 14.0. The molecule has 0 amide bonds. The van der Waals surface area contributed by atoms with Crippen LogP contribution in [0.3, 0.4) is 0 Å². The summed E-state index contributed by atoms with van der Waals surface area (Å²) in [7, 11) is 0. The first-order valence-electron chi connectivity index (χ1n) is 6.55. The van der Waals surface area contributed by atoms with Crippen molar-refractivity contribution >= 4 is 29.9 Å². The minimum Gasteiger partial charge on any atom is -0.370 e. The number of likely N-dealkylation sites (tertiary alicyclic amines) is 1. The minimum atomic E-state index is 0. The molecule has 102 valence electrons. The molecule has 4 nitrogen and oxygen atoms in total. The van der Waals surface area contributed by atoms with Gasteiger partial charge in [-0.1, -0.05) is 0 Å². The van der Waals surface area contributed by atoms with E-state index in [1.807, 2.05) is 0 Å². The second-order valence-electron chi connectivity index (χ2n) is 4.31. The van der Waals surface area contributed by atoms with Crippen LogP contribution in [0.4, 0.5) is 0 Å². The molecule has 5 heteroatoms. The number of nitrogens with two attached hydrogens (primary N) is 1. The highest BCUT2D eigenvalue weighted by Crippen LogP contribution is 2.07. The Kier molecular flexibility index (Phi) is 9.91. The molecule has 0 unspecified atom stereocenters. The molecule has 0 bridgehead atoms. The Morgan fingerprint density at radius 3 is 2.35 bits per heavy atom. The average molecular weight is 354 g/mol. The van der Waals surface area contributed by atoms with Gasteiger partial charge in [-0.25, -0.2) is 0 Å². The average Bonchev–Trinajstić information content (AvgIpc) is 2.79. The van der Waals surface area contributed by atoms with E-state index in [1.165, 1.54) is 32.5 Å². The Bertz CT molecular complexity index is 211. The number of halogens is 1. The normalized spacial score (nSPS) is 16.9. The molecule has 1 rings (SSSR count). The van der Waals surface area contributed by atoms with Gasteiger partial charge in [-0.3, -0.25) is 4.99 Å². The maximum absolute atomic E-state index is 5.90. The molecule has 0 aromatic carbocycles. The van der Waals surface area contributed by atoms with Crippen LogP contribution >= 0.6 is 24.0 Å². The molecule has 1 heterocycles. The number of guanidine groups is 1. The lowest BCUT2D eigenvalue weighted by atomic mass is 10.4. The van der Waals surface area contributed by atoms with E-state index in [1.54, 1.807) is 0 Å². The maximum atomic E-state index is 5.90. The van der Waals surface area contributed by atoms with E-state index >= 15 is 0 Å². The van der Waals surface area contributed by atoms with Crippen LogP contribution in [0.25, 0.3) is 0 Å². The Balaban J connectivity index is 0.00000256. The minimum absolute atomic E-state index is 0. The van der Waals surface area contributed by atoms with Crippen molar-refractivity contribution in [1.82, 2.24) is 9.80 Å². The third-order valence-electron chi connectivity index (χ3n) is 3.19. The Morgan fingerprint density at radius 1 is 1.24 bits per heavy atom. The molecule has 0 aliphatic carbocycles. The van der Waals surface area contributed by atoms with Crippen molar-refractivity contribution in [2.45, 2.75) is 33.1 Å². The van der Waals surface area contributed by atoms with Crippen molar-refractivity contribution in [3.8, 4) is 0 Å². The van der Waals surface area contributed by atoms with Crippen LogP contribution in [0.1, 0.15) is 33.1 Å². The molecule has 0 aromatic heterocycles. The van der Waals surface area contributed by atoms with Gasteiger partial charge in [0.2, 0.25) is 0 Å². The zero-order chi connectivity index (χ0) is 11.8. The van der Waals surface area contributed by atoms with E-state index in [0.717, 1.165) is 26.1 Å². The first-order chi connectivity index (χ1) is 7.77. The van der Waals surface area contributed by atoms with Crippen molar-refractivity contribution in [2.24, 2.45) is 10.7 Å². The first kappa shape index (κ1) is 17.0. The third kappa shape index (κ3) is 6.45. The predicted molar refractivity (Wildman–Crippen MR) is 85.1 cm³/mol. The van der Waals surface area contributed by atoms with Gasteiger partial charge in [0.1, 0.15) is 0 Å². The standard InChI is InChI=1S/C12H26N4.HI/c1-3-16(4-2)12(13)14-8-7-11-15-9-5-6-10-15;/h3-11H2,1-2H3,(H2,13,14);1H. The second kappa shape index (κ2) is 9.94. The molecule has 17 heavy (non-hydrogen) atoms. The van der Waals surface area contributed by atoms with Gasteiger partial charge in [0, 0.05) is 19.6 Å². The zero-order valence-corrected chi connectivity index (χ0v) is 13.5. The summed E-state index contributed by atoms with van der Waals surface area (Å²) < 4.78 is 0. The summed E-state index contributed by atoms with van der Waals surface area (Å²) in [5.74, 6) is 0.700. The molecule has 0 atom stereocenters. The fraction of sp³-hybridized carbons (Fsp3) is 0.917. The molecule has 2 N–H and O–H groups in total. The van der Waals surface area contributed by atoms with Gasteiger partial charge >= 0.3 is 0 Å². The summed E-state index contributed by atoms with van der Waals surface area (Å²) in [6.07, 6.45) is 3.86. The Labute approximate surface area is 123 Å². The van der Waals surface area contributed by atoms with Gasteiger partial charge in [-0.15, -0.1) is 24.0 Å². The lowest BCUT2D eigenvalue weighted by Gasteiger charge is -2.19. The summed E-state index contributed by atoms with van der Waals surface area (Å²) in [5, 5.41) is 0. The summed E-state index contributed by atoms with van der Waals surface area (Å²) in [6.45, 7) is 10.7. The fourth-order valence-electron chi connectivity index (χ4n) is 2.14. The van der Waals surface area contributed by atoms with Crippen molar-refractivity contribution in [2.75, 3.05) is 39.3 Å². The quantitative estimate of drug-likeness (QED) is 0.342.